The first-order chi connectivity index (χ1) is 13.3. The molecule has 0 aliphatic carbocycles. The second-order valence-electron chi connectivity index (χ2n) is 8.60. The van der Waals surface area contributed by atoms with Gasteiger partial charge in [-0.3, -0.25) is 0 Å². The van der Waals surface area contributed by atoms with Crippen LogP contribution in [0.15, 0.2) is 0 Å². The molecule has 0 heterocycles. The van der Waals surface area contributed by atoms with Gasteiger partial charge in [-0.15, -0.1) is 0 Å². The van der Waals surface area contributed by atoms with E-state index in [2.05, 4.69) is 58.4 Å². The van der Waals surface area contributed by atoms with Crippen molar-refractivity contribution in [2.75, 3.05) is 26.2 Å². The van der Waals surface area contributed by atoms with Crippen molar-refractivity contribution < 1.29 is 4.58 Å². The summed E-state index contributed by atoms with van der Waals surface area (Å²) in [4.78, 5) is 0. The lowest BCUT2D eigenvalue weighted by atomic mass is 9.73. The molecule has 0 saturated carbocycles. The lowest BCUT2D eigenvalue weighted by Gasteiger charge is -2.33. The maximum absolute atomic E-state index is 6.62. The van der Waals surface area contributed by atoms with E-state index >= 15 is 0 Å². The van der Waals surface area contributed by atoms with E-state index in [1.54, 1.807) is 5.71 Å². The molecule has 5 N–H and O–H groups in total. The standard InChI is InChI=1S/C24H53N4/c1-8-21(9-2)27-18-15-23(11-4,12-5)22(10-3)28(20-17-25)19-16-24(26,13-6)14-7/h21,27H,8-20,25-26H2,1-7H3/q+1. The van der Waals surface area contributed by atoms with Crippen LogP contribution in [0, 0.1) is 5.41 Å². The van der Waals surface area contributed by atoms with Crippen LogP contribution in [0.4, 0.5) is 0 Å². The minimum Gasteiger partial charge on any atom is -0.325 e. The van der Waals surface area contributed by atoms with E-state index < -0.39 is 0 Å². The van der Waals surface area contributed by atoms with Gasteiger partial charge in [0.25, 0.3) is 0 Å². The highest BCUT2D eigenvalue weighted by Gasteiger charge is 2.37. The molecule has 28 heavy (non-hydrogen) atoms. The Balaban J connectivity index is 5.63. The van der Waals surface area contributed by atoms with E-state index in [0.717, 1.165) is 45.3 Å². The molecule has 168 valence electrons. The average molecular weight is 398 g/mol. The van der Waals surface area contributed by atoms with Crippen LogP contribution in [-0.2, 0) is 0 Å². The number of nitrogens with zero attached hydrogens (tertiary/aromatic N) is 1. The van der Waals surface area contributed by atoms with Gasteiger partial charge in [0.15, 0.2) is 12.3 Å². The van der Waals surface area contributed by atoms with Crippen molar-refractivity contribution in [3.8, 4) is 0 Å². The molecular formula is C24H53N4+. The highest BCUT2D eigenvalue weighted by molar-refractivity contribution is 5.85. The zero-order chi connectivity index (χ0) is 21.6. The lowest BCUT2D eigenvalue weighted by Crippen LogP contribution is -2.45. The maximum atomic E-state index is 6.62. The average Bonchev–Trinajstić information content (AvgIpc) is 2.73. The Hall–Kier alpha value is -0.450. The molecule has 4 heteroatoms. The van der Waals surface area contributed by atoms with Crippen molar-refractivity contribution in [2.45, 2.75) is 118 Å². The van der Waals surface area contributed by atoms with Crippen LogP contribution in [0.2, 0.25) is 0 Å². The second kappa shape index (κ2) is 14.5. The molecule has 0 aliphatic heterocycles. The zero-order valence-electron chi connectivity index (χ0n) is 20.4. The third-order valence-electron chi connectivity index (χ3n) is 7.39. The van der Waals surface area contributed by atoms with Crippen molar-refractivity contribution in [1.29, 1.82) is 0 Å². The van der Waals surface area contributed by atoms with Gasteiger partial charge < -0.3 is 16.8 Å². The summed E-state index contributed by atoms with van der Waals surface area (Å²) < 4.78 is 2.59. The van der Waals surface area contributed by atoms with Gasteiger partial charge in [-0.2, -0.15) is 0 Å². The van der Waals surface area contributed by atoms with Gasteiger partial charge in [-0.05, 0) is 51.5 Å². The van der Waals surface area contributed by atoms with Crippen molar-refractivity contribution in [3.63, 3.8) is 0 Å². The van der Waals surface area contributed by atoms with Crippen LogP contribution < -0.4 is 16.8 Å². The van der Waals surface area contributed by atoms with Gasteiger partial charge in [-0.25, -0.2) is 4.58 Å². The van der Waals surface area contributed by atoms with Crippen LogP contribution in [0.3, 0.4) is 0 Å². The zero-order valence-corrected chi connectivity index (χ0v) is 20.4. The van der Waals surface area contributed by atoms with Gasteiger partial charge in [0.2, 0.25) is 0 Å². The fraction of sp³-hybridized carbons (Fsp3) is 0.958. The molecule has 0 aromatic rings. The predicted octanol–water partition coefficient (Wildman–Crippen LogP) is 4.69. The fourth-order valence-corrected chi connectivity index (χ4v) is 4.68. The summed E-state index contributed by atoms with van der Waals surface area (Å²) in [7, 11) is 0. The normalized spacial score (nSPS) is 13.9. The molecule has 0 aromatic carbocycles. The molecule has 0 unspecified atom stereocenters. The molecule has 0 fully saturated rings. The summed E-state index contributed by atoms with van der Waals surface area (Å²) in [5.41, 5.74) is 14.5. The van der Waals surface area contributed by atoms with E-state index in [4.69, 9.17) is 11.5 Å². The van der Waals surface area contributed by atoms with Gasteiger partial charge in [0, 0.05) is 24.4 Å². The molecule has 0 bridgehead atoms. The third-order valence-corrected chi connectivity index (χ3v) is 7.39. The number of rotatable bonds is 17. The number of hydrogen-bond donors (Lipinski definition) is 3. The SMILES string of the molecule is CCC(=[N+](CCN)CCC(N)(CC)CC)C(CC)(CC)CCNC(CC)CC. The molecule has 0 rings (SSSR count). The lowest BCUT2D eigenvalue weighted by molar-refractivity contribution is -0.532. The summed E-state index contributed by atoms with van der Waals surface area (Å²) in [6.07, 6.45) is 10.2. The van der Waals surface area contributed by atoms with Crippen LogP contribution in [0.1, 0.15) is 106 Å². The largest absolute Gasteiger partial charge is 0.325 e. The minimum atomic E-state index is -0.0518. The second-order valence-corrected chi connectivity index (χ2v) is 8.60. The molecule has 0 spiro atoms. The van der Waals surface area contributed by atoms with Crippen molar-refractivity contribution in [1.82, 2.24) is 5.32 Å². The molecule has 4 nitrogen and oxygen atoms in total. The summed E-state index contributed by atoms with van der Waals surface area (Å²) in [5, 5.41) is 3.79. The summed E-state index contributed by atoms with van der Waals surface area (Å²) in [6.45, 7) is 19.8. The molecule has 0 atom stereocenters. The first-order valence-corrected chi connectivity index (χ1v) is 12.2. The Kier molecular flexibility index (Phi) is 14.3. The monoisotopic (exact) mass is 397 g/mol. The Morgan fingerprint density at radius 2 is 1.43 bits per heavy atom. The molecule has 0 aromatic heterocycles. The van der Waals surface area contributed by atoms with Gasteiger partial charge in [-0.1, -0.05) is 48.5 Å². The van der Waals surface area contributed by atoms with E-state index in [1.165, 1.54) is 32.1 Å². The highest BCUT2D eigenvalue weighted by atomic mass is 15.0. The predicted molar refractivity (Wildman–Crippen MR) is 126 cm³/mol. The minimum absolute atomic E-state index is 0.0518. The van der Waals surface area contributed by atoms with E-state index in [9.17, 15) is 0 Å². The molecule has 0 amide bonds. The molecular weight excluding hydrogens is 344 g/mol. The Labute approximate surface area is 176 Å². The third kappa shape index (κ3) is 8.12. The summed E-state index contributed by atoms with van der Waals surface area (Å²) in [6, 6.07) is 0.642. The molecule has 0 aliphatic rings. The molecule has 0 radical (unpaired) electrons. The van der Waals surface area contributed by atoms with Crippen molar-refractivity contribution in [2.24, 2.45) is 16.9 Å². The van der Waals surface area contributed by atoms with Crippen LogP contribution in [0.5, 0.6) is 0 Å². The van der Waals surface area contributed by atoms with Gasteiger partial charge >= 0.3 is 0 Å². The first kappa shape index (κ1) is 27.5. The highest BCUT2D eigenvalue weighted by Crippen LogP contribution is 2.34. The van der Waals surface area contributed by atoms with E-state index in [1.807, 2.05) is 0 Å². The molecule has 0 saturated heterocycles. The summed E-state index contributed by atoms with van der Waals surface area (Å²) in [5.74, 6) is 0. The van der Waals surface area contributed by atoms with E-state index in [-0.39, 0.29) is 11.0 Å². The van der Waals surface area contributed by atoms with Crippen LogP contribution in [0.25, 0.3) is 0 Å². The Bertz CT molecular complexity index is 418. The Morgan fingerprint density at radius 3 is 1.82 bits per heavy atom. The summed E-state index contributed by atoms with van der Waals surface area (Å²) >= 11 is 0. The van der Waals surface area contributed by atoms with E-state index in [0.29, 0.717) is 12.6 Å². The number of hydrogen-bond acceptors (Lipinski definition) is 3. The quantitative estimate of drug-likeness (QED) is 0.246. The van der Waals surface area contributed by atoms with Crippen molar-refractivity contribution >= 4 is 5.71 Å². The smallest absolute Gasteiger partial charge is 0.158 e. The maximum Gasteiger partial charge on any atom is 0.158 e. The fourth-order valence-electron chi connectivity index (χ4n) is 4.68. The van der Waals surface area contributed by atoms with Crippen LogP contribution >= 0.6 is 0 Å². The van der Waals surface area contributed by atoms with Crippen LogP contribution in [-0.4, -0.2) is 48.0 Å². The topological polar surface area (TPSA) is 67.1 Å². The number of nitrogens with one attached hydrogen (secondary N) is 1. The van der Waals surface area contributed by atoms with Crippen molar-refractivity contribution in [3.05, 3.63) is 0 Å². The van der Waals surface area contributed by atoms with Gasteiger partial charge in [0.1, 0.15) is 6.54 Å². The Morgan fingerprint density at radius 1 is 0.857 bits per heavy atom. The number of nitrogens with two attached hydrogens (primary N) is 2. The van der Waals surface area contributed by atoms with Gasteiger partial charge in [0.05, 0.1) is 12.0 Å². The first-order valence-electron chi connectivity index (χ1n) is 12.2.